The molecule has 0 aliphatic carbocycles. The van der Waals surface area contributed by atoms with Crippen LogP contribution in [0.15, 0.2) is 24.3 Å². The second kappa shape index (κ2) is 11.0. The van der Waals surface area contributed by atoms with E-state index in [2.05, 4.69) is 0 Å². The fourth-order valence-electron chi connectivity index (χ4n) is 4.44. The van der Waals surface area contributed by atoms with E-state index in [0.717, 1.165) is 12.8 Å². The van der Waals surface area contributed by atoms with Crippen molar-refractivity contribution in [3.05, 3.63) is 57.4 Å². The van der Waals surface area contributed by atoms with Crippen LogP contribution in [0, 0.1) is 13.8 Å². The number of carbonyl (C=O) groups excluding carboxylic acids is 3. The van der Waals surface area contributed by atoms with Crippen molar-refractivity contribution in [3.8, 4) is 0 Å². The average Bonchev–Trinajstić information content (AvgIpc) is 3.38. The van der Waals surface area contributed by atoms with E-state index in [1.807, 2.05) is 13.8 Å². The molecule has 0 N–H and O–H groups in total. The van der Waals surface area contributed by atoms with Gasteiger partial charge < -0.3 is 18.9 Å². The van der Waals surface area contributed by atoms with Crippen LogP contribution in [-0.4, -0.2) is 59.5 Å². The highest BCUT2D eigenvalue weighted by Crippen LogP contribution is 2.25. The summed E-state index contributed by atoms with van der Waals surface area (Å²) in [5.41, 5.74) is 2.57. The molecule has 2 heterocycles. The second-order valence-corrected chi connectivity index (χ2v) is 8.59. The Hall–Kier alpha value is -2.64. The van der Waals surface area contributed by atoms with E-state index in [1.54, 1.807) is 42.7 Å². The molecule has 1 unspecified atom stereocenters. The molecule has 33 heavy (non-hydrogen) atoms. The van der Waals surface area contributed by atoms with Gasteiger partial charge in [-0.3, -0.25) is 9.59 Å². The van der Waals surface area contributed by atoms with E-state index < -0.39 is 5.97 Å². The van der Waals surface area contributed by atoms with Gasteiger partial charge in [-0.1, -0.05) is 11.6 Å². The summed E-state index contributed by atoms with van der Waals surface area (Å²) < 4.78 is 12.7. The molecule has 0 saturated carbocycles. The van der Waals surface area contributed by atoms with E-state index in [1.165, 1.54) is 4.90 Å². The lowest BCUT2D eigenvalue weighted by Crippen LogP contribution is -2.41. The lowest BCUT2D eigenvalue weighted by Gasteiger charge is -2.25. The number of ether oxygens (including phenoxy) is 2. The predicted octanol–water partition coefficient (Wildman–Crippen LogP) is 4.46. The van der Waals surface area contributed by atoms with Crippen molar-refractivity contribution >= 4 is 29.3 Å². The van der Waals surface area contributed by atoms with Gasteiger partial charge in [-0.25, -0.2) is 4.79 Å². The summed E-state index contributed by atoms with van der Waals surface area (Å²) in [5.74, 6) is -0.929. The van der Waals surface area contributed by atoms with Crippen LogP contribution >= 0.6 is 11.6 Å². The van der Waals surface area contributed by atoms with Gasteiger partial charge in [0.15, 0.2) is 5.78 Å². The first-order valence-electron chi connectivity index (χ1n) is 11.3. The summed E-state index contributed by atoms with van der Waals surface area (Å²) >= 11 is 5.97. The van der Waals surface area contributed by atoms with Gasteiger partial charge in [0.05, 0.1) is 19.3 Å². The molecular weight excluding hydrogens is 444 g/mol. The molecule has 1 aromatic heterocycles. The standard InChI is InChI=1S/C25H31ClN2O5/c1-5-28-17(4)22(16(3)23(28)25(31)32-6-2)21(29)15-27(14-20-8-7-13-33-20)24(30)18-9-11-19(26)12-10-18/h9-12,20H,5-8,13-15H2,1-4H3. The van der Waals surface area contributed by atoms with E-state index in [0.29, 0.717) is 52.8 Å². The third-order valence-corrected chi connectivity index (χ3v) is 6.24. The van der Waals surface area contributed by atoms with Crippen LogP contribution in [0.2, 0.25) is 5.02 Å². The van der Waals surface area contributed by atoms with Gasteiger partial charge in [-0.15, -0.1) is 0 Å². The molecule has 8 heteroatoms. The van der Waals surface area contributed by atoms with Crippen molar-refractivity contribution in [2.75, 3.05) is 26.3 Å². The van der Waals surface area contributed by atoms with Crippen LogP contribution in [-0.2, 0) is 16.0 Å². The molecular formula is C25H31ClN2O5. The number of rotatable bonds is 9. The number of hydrogen-bond donors (Lipinski definition) is 0. The second-order valence-electron chi connectivity index (χ2n) is 8.15. The maximum absolute atomic E-state index is 13.5. The van der Waals surface area contributed by atoms with Crippen molar-refractivity contribution in [2.45, 2.75) is 53.2 Å². The Bertz CT molecular complexity index is 1020. The monoisotopic (exact) mass is 474 g/mol. The van der Waals surface area contributed by atoms with Gasteiger partial charge in [-0.05, 0) is 70.4 Å². The van der Waals surface area contributed by atoms with Crippen LogP contribution in [0.4, 0.5) is 0 Å². The number of esters is 1. The minimum Gasteiger partial charge on any atom is -0.461 e. The molecule has 1 saturated heterocycles. The van der Waals surface area contributed by atoms with Gasteiger partial charge >= 0.3 is 5.97 Å². The van der Waals surface area contributed by atoms with Gasteiger partial charge in [0, 0.05) is 41.5 Å². The van der Waals surface area contributed by atoms with E-state index in [4.69, 9.17) is 21.1 Å². The summed E-state index contributed by atoms with van der Waals surface area (Å²) in [4.78, 5) is 40.9. The summed E-state index contributed by atoms with van der Waals surface area (Å²) in [6.07, 6.45) is 1.67. The molecule has 1 amide bonds. The number of hydrogen-bond acceptors (Lipinski definition) is 5. The summed E-state index contributed by atoms with van der Waals surface area (Å²) in [7, 11) is 0. The molecule has 178 valence electrons. The van der Waals surface area contributed by atoms with Crippen molar-refractivity contribution in [1.82, 2.24) is 9.47 Å². The molecule has 0 radical (unpaired) electrons. The number of nitrogens with zero attached hydrogens (tertiary/aromatic N) is 2. The first-order chi connectivity index (χ1) is 15.8. The van der Waals surface area contributed by atoms with E-state index >= 15 is 0 Å². The molecule has 2 aromatic rings. The van der Waals surface area contributed by atoms with Crippen molar-refractivity contribution in [2.24, 2.45) is 0 Å². The Labute approximate surface area is 199 Å². The largest absolute Gasteiger partial charge is 0.461 e. The zero-order valence-corrected chi connectivity index (χ0v) is 20.4. The first-order valence-corrected chi connectivity index (χ1v) is 11.7. The predicted molar refractivity (Wildman–Crippen MR) is 126 cm³/mol. The highest BCUT2D eigenvalue weighted by Gasteiger charge is 2.30. The van der Waals surface area contributed by atoms with Crippen molar-refractivity contribution in [1.29, 1.82) is 0 Å². The van der Waals surface area contributed by atoms with Crippen LogP contribution in [0.3, 0.4) is 0 Å². The summed E-state index contributed by atoms with van der Waals surface area (Å²) in [5, 5.41) is 0.534. The lowest BCUT2D eigenvalue weighted by molar-refractivity contribution is 0.0505. The molecule has 1 fully saturated rings. The highest BCUT2D eigenvalue weighted by atomic mass is 35.5. The number of carbonyl (C=O) groups is 3. The lowest BCUT2D eigenvalue weighted by atomic mass is 10.0. The average molecular weight is 475 g/mol. The number of ketones is 1. The Morgan fingerprint density at radius 3 is 2.45 bits per heavy atom. The summed E-state index contributed by atoms with van der Waals surface area (Å²) in [6.45, 7) is 8.87. The third kappa shape index (κ3) is 5.47. The molecule has 3 rings (SSSR count). The number of amides is 1. The third-order valence-electron chi connectivity index (χ3n) is 5.99. The molecule has 1 aliphatic heterocycles. The quantitative estimate of drug-likeness (QED) is 0.396. The number of Topliss-reactive ketones (excluding diaryl/α,β-unsaturated/α-hetero) is 1. The van der Waals surface area contributed by atoms with Crippen molar-refractivity contribution in [3.63, 3.8) is 0 Å². The zero-order chi connectivity index (χ0) is 24.1. The van der Waals surface area contributed by atoms with Gasteiger partial charge in [0.25, 0.3) is 5.91 Å². The number of benzene rings is 1. The fraction of sp³-hybridized carbons (Fsp3) is 0.480. The molecule has 1 atom stereocenters. The zero-order valence-electron chi connectivity index (χ0n) is 19.7. The van der Waals surface area contributed by atoms with E-state index in [-0.39, 0.29) is 30.9 Å². The Morgan fingerprint density at radius 2 is 1.88 bits per heavy atom. The maximum Gasteiger partial charge on any atom is 0.355 e. The van der Waals surface area contributed by atoms with Crippen molar-refractivity contribution < 1.29 is 23.9 Å². The van der Waals surface area contributed by atoms with Crippen LogP contribution in [0.5, 0.6) is 0 Å². The van der Waals surface area contributed by atoms with Gasteiger partial charge in [0.2, 0.25) is 0 Å². The normalized spacial score (nSPS) is 15.5. The molecule has 0 spiro atoms. The van der Waals surface area contributed by atoms with Crippen LogP contribution < -0.4 is 0 Å². The minimum absolute atomic E-state index is 0.105. The molecule has 0 bridgehead atoms. The van der Waals surface area contributed by atoms with Crippen LogP contribution in [0.1, 0.15) is 69.2 Å². The number of aromatic nitrogens is 1. The molecule has 1 aliphatic rings. The fourth-order valence-corrected chi connectivity index (χ4v) is 4.57. The topological polar surface area (TPSA) is 77.8 Å². The highest BCUT2D eigenvalue weighted by molar-refractivity contribution is 6.30. The molecule has 7 nitrogen and oxygen atoms in total. The Morgan fingerprint density at radius 1 is 1.18 bits per heavy atom. The smallest absolute Gasteiger partial charge is 0.355 e. The molecule has 1 aromatic carbocycles. The first kappa shape index (κ1) is 25.0. The van der Waals surface area contributed by atoms with E-state index in [9.17, 15) is 14.4 Å². The van der Waals surface area contributed by atoms with Crippen LogP contribution in [0.25, 0.3) is 0 Å². The number of halogens is 1. The van der Waals surface area contributed by atoms with Gasteiger partial charge in [-0.2, -0.15) is 0 Å². The SMILES string of the molecule is CCOC(=O)c1c(C)c(C(=O)CN(CC2CCCO2)C(=O)c2ccc(Cl)cc2)c(C)n1CC. The van der Waals surface area contributed by atoms with Gasteiger partial charge in [0.1, 0.15) is 5.69 Å². The minimum atomic E-state index is -0.451. The maximum atomic E-state index is 13.5. The Balaban J connectivity index is 1.92. The summed E-state index contributed by atoms with van der Waals surface area (Å²) in [6, 6.07) is 6.62. The Kier molecular flexibility index (Phi) is 8.32.